The standard InChI is InChI=1S/C16H21NO4/c18-13(14-7-4-10-20-14)11-12-5-3-8-17(12)16(19)15-6-1-2-9-21-15/h4,6-7,10,12-13,18H,1-3,5,8-9,11H2. The molecule has 21 heavy (non-hydrogen) atoms. The van der Waals surface area contributed by atoms with Gasteiger partial charge in [-0.05, 0) is 43.9 Å². The topological polar surface area (TPSA) is 62.9 Å². The normalized spacial score (nSPS) is 23.6. The van der Waals surface area contributed by atoms with E-state index < -0.39 is 6.10 Å². The number of nitrogens with zero attached hydrogens (tertiary/aromatic N) is 1. The van der Waals surface area contributed by atoms with Gasteiger partial charge < -0.3 is 19.2 Å². The Labute approximate surface area is 124 Å². The van der Waals surface area contributed by atoms with Crippen LogP contribution in [0.3, 0.4) is 0 Å². The summed E-state index contributed by atoms with van der Waals surface area (Å²) in [4.78, 5) is 14.3. The van der Waals surface area contributed by atoms with Crippen LogP contribution in [-0.2, 0) is 9.53 Å². The number of likely N-dealkylation sites (tertiary alicyclic amines) is 1. The molecular formula is C16H21NO4. The zero-order valence-electron chi connectivity index (χ0n) is 12.0. The van der Waals surface area contributed by atoms with Crippen LogP contribution in [0.25, 0.3) is 0 Å². The maximum Gasteiger partial charge on any atom is 0.288 e. The van der Waals surface area contributed by atoms with E-state index in [1.54, 1.807) is 18.4 Å². The Kier molecular flexibility index (Phi) is 4.29. The second kappa shape index (κ2) is 6.35. The Morgan fingerprint density at radius 2 is 2.38 bits per heavy atom. The van der Waals surface area contributed by atoms with E-state index in [4.69, 9.17) is 9.15 Å². The smallest absolute Gasteiger partial charge is 0.288 e. The molecule has 5 heteroatoms. The van der Waals surface area contributed by atoms with Gasteiger partial charge in [0.05, 0.1) is 12.9 Å². The van der Waals surface area contributed by atoms with Crippen LogP contribution in [0.4, 0.5) is 0 Å². The van der Waals surface area contributed by atoms with Crippen LogP contribution in [0, 0.1) is 0 Å². The number of hydrogen-bond donors (Lipinski definition) is 1. The Bertz CT molecular complexity index is 508. The van der Waals surface area contributed by atoms with Gasteiger partial charge in [0.15, 0.2) is 5.76 Å². The fraction of sp³-hybridized carbons (Fsp3) is 0.562. The number of hydrogen-bond acceptors (Lipinski definition) is 4. The summed E-state index contributed by atoms with van der Waals surface area (Å²) < 4.78 is 10.7. The van der Waals surface area contributed by atoms with Crippen LogP contribution < -0.4 is 0 Å². The van der Waals surface area contributed by atoms with E-state index in [-0.39, 0.29) is 11.9 Å². The van der Waals surface area contributed by atoms with Crippen molar-refractivity contribution in [1.82, 2.24) is 4.90 Å². The lowest BCUT2D eigenvalue weighted by molar-refractivity contribution is -0.132. The molecule has 0 bridgehead atoms. The van der Waals surface area contributed by atoms with Gasteiger partial charge in [0, 0.05) is 19.0 Å². The Morgan fingerprint density at radius 1 is 1.48 bits per heavy atom. The van der Waals surface area contributed by atoms with Gasteiger partial charge in [-0.2, -0.15) is 0 Å². The molecule has 114 valence electrons. The minimum Gasteiger partial charge on any atom is -0.488 e. The van der Waals surface area contributed by atoms with Gasteiger partial charge in [-0.1, -0.05) is 0 Å². The third kappa shape index (κ3) is 3.13. The summed E-state index contributed by atoms with van der Waals surface area (Å²) in [5.41, 5.74) is 0. The van der Waals surface area contributed by atoms with Gasteiger partial charge in [0.1, 0.15) is 11.9 Å². The average Bonchev–Trinajstić information content (AvgIpc) is 3.19. The summed E-state index contributed by atoms with van der Waals surface area (Å²) in [7, 11) is 0. The van der Waals surface area contributed by atoms with Crippen molar-refractivity contribution in [3.63, 3.8) is 0 Å². The van der Waals surface area contributed by atoms with Gasteiger partial charge in [-0.3, -0.25) is 4.79 Å². The molecule has 2 aliphatic rings. The molecular weight excluding hydrogens is 270 g/mol. The zero-order chi connectivity index (χ0) is 14.7. The molecule has 2 aliphatic heterocycles. The van der Waals surface area contributed by atoms with E-state index >= 15 is 0 Å². The van der Waals surface area contributed by atoms with Gasteiger partial charge in [-0.25, -0.2) is 0 Å². The van der Waals surface area contributed by atoms with Crippen molar-refractivity contribution in [2.45, 2.75) is 44.2 Å². The maximum atomic E-state index is 12.5. The average molecular weight is 291 g/mol. The highest BCUT2D eigenvalue weighted by atomic mass is 16.5. The van der Waals surface area contributed by atoms with Crippen LogP contribution in [0.15, 0.2) is 34.6 Å². The third-order valence-corrected chi connectivity index (χ3v) is 4.15. The van der Waals surface area contributed by atoms with Crippen LogP contribution in [0.5, 0.6) is 0 Å². The number of furan rings is 1. The molecule has 2 atom stereocenters. The molecule has 1 N–H and O–H groups in total. The third-order valence-electron chi connectivity index (χ3n) is 4.15. The molecule has 2 unspecified atom stereocenters. The Balaban J connectivity index is 1.65. The van der Waals surface area contributed by atoms with Crippen LogP contribution in [0.2, 0.25) is 0 Å². The highest BCUT2D eigenvalue weighted by Gasteiger charge is 2.33. The number of rotatable bonds is 4. The minimum absolute atomic E-state index is 0.0381. The summed E-state index contributed by atoms with van der Waals surface area (Å²) in [6.07, 6.45) is 7.02. The van der Waals surface area contributed by atoms with Crippen LogP contribution in [-0.4, -0.2) is 35.1 Å². The van der Waals surface area contributed by atoms with Crippen molar-refractivity contribution >= 4 is 5.91 Å². The SMILES string of the molecule is O=C(C1=CCCCO1)N1CCCC1CC(O)c1ccco1. The van der Waals surface area contributed by atoms with Gasteiger partial charge in [-0.15, -0.1) is 0 Å². The molecule has 0 aliphatic carbocycles. The largest absolute Gasteiger partial charge is 0.488 e. The molecule has 1 aromatic rings. The highest BCUT2D eigenvalue weighted by molar-refractivity contribution is 5.92. The van der Waals surface area contributed by atoms with E-state index in [9.17, 15) is 9.90 Å². The summed E-state index contributed by atoms with van der Waals surface area (Å²) in [5, 5.41) is 10.2. The fourth-order valence-electron chi connectivity index (χ4n) is 3.05. The molecule has 1 amide bonds. The predicted octanol–water partition coefficient (Wildman–Crippen LogP) is 2.39. The highest BCUT2D eigenvalue weighted by Crippen LogP contribution is 2.29. The van der Waals surface area contributed by atoms with Crippen molar-refractivity contribution in [2.75, 3.05) is 13.2 Å². The Morgan fingerprint density at radius 3 is 3.10 bits per heavy atom. The second-order valence-electron chi connectivity index (χ2n) is 5.62. The molecule has 0 spiro atoms. The summed E-state index contributed by atoms with van der Waals surface area (Å²) in [6, 6.07) is 3.57. The van der Waals surface area contributed by atoms with Crippen molar-refractivity contribution < 1.29 is 19.1 Å². The first-order chi connectivity index (χ1) is 10.3. The van der Waals surface area contributed by atoms with Gasteiger partial charge in [0.25, 0.3) is 5.91 Å². The molecule has 5 nitrogen and oxygen atoms in total. The summed E-state index contributed by atoms with van der Waals surface area (Å²) >= 11 is 0. The van der Waals surface area contributed by atoms with Crippen molar-refractivity contribution in [1.29, 1.82) is 0 Å². The molecule has 1 saturated heterocycles. The van der Waals surface area contributed by atoms with Gasteiger partial charge in [0.2, 0.25) is 0 Å². The van der Waals surface area contributed by atoms with E-state index in [0.29, 0.717) is 24.5 Å². The zero-order valence-corrected chi connectivity index (χ0v) is 12.0. The molecule has 3 rings (SSSR count). The van der Waals surface area contributed by atoms with E-state index in [2.05, 4.69) is 0 Å². The van der Waals surface area contributed by atoms with Crippen molar-refractivity contribution in [3.8, 4) is 0 Å². The van der Waals surface area contributed by atoms with E-state index in [0.717, 1.165) is 32.2 Å². The second-order valence-corrected chi connectivity index (χ2v) is 5.62. The number of ether oxygens (including phenoxy) is 1. The number of amides is 1. The van der Waals surface area contributed by atoms with Crippen molar-refractivity contribution in [2.24, 2.45) is 0 Å². The lowest BCUT2D eigenvalue weighted by atomic mass is 10.0. The quantitative estimate of drug-likeness (QED) is 0.925. The molecule has 1 aromatic heterocycles. The van der Waals surface area contributed by atoms with Crippen LogP contribution >= 0.6 is 0 Å². The lowest BCUT2D eigenvalue weighted by Gasteiger charge is -2.27. The molecule has 0 saturated carbocycles. The number of carbonyl (C=O) groups is 1. The molecule has 1 fully saturated rings. The van der Waals surface area contributed by atoms with E-state index in [1.165, 1.54) is 0 Å². The van der Waals surface area contributed by atoms with E-state index in [1.807, 2.05) is 11.0 Å². The lowest BCUT2D eigenvalue weighted by Crippen LogP contribution is -2.38. The first-order valence-corrected chi connectivity index (χ1v) is 7.61. The monoisotopic (exact) mass is 291 g/mol. The molecule has 3 heterocycles. The van der Waals surface area contributed by atoms with Crippen molar-refractivity contribution in [3.05, 3.63) is 36.0 Å². The summed E-state index contributed by atoms with van der Waals surface area (Å²) in [5.74, 6) is 0.993. The minimum atomic E-state index is -0.667. The molecule has 0 radical (unpaired) electrons. The summed E-state index contributed by atoms with van der Waals surface area (Å²) in [6.45, 7) is 1.35. The maximum absolute atomic E-state index is 12.5. The predicted molar refractivity (Wildman–Crippen MR) is 76.3 cm³/mol. The number of allylic oxidation sites excluding steroid dienone is 1. The van der Waals surface area contributed by atoms with Gasteiger partial charge >= 0.3 is 0 Å². The first-order valence-electron chi connectivity index (χ1n) is 7.61. The first kappa shape index (κ1) is 14.2. The number of aliphatic hydroxyl groups is 1. The Hall–Kier alpha value is -1.75. The molecule has 0 aromatic carbocycles. The number of aliphatic hydroxyl groups excluding tert-OH is 1. The van der Waals surface area contributed by atoms with Crippen LogP contribution in [0.1, 0.15) is 44.0 Å². The number of carbonyl (C=O) groups excluding carboxylic acids is 1. The fourth-order valence-corrected chi connectivity index (χ4v) is 3.05.